The van der Waals surface area contributed by atoms with Crippen molar-refractivity contribution in [3.8, 4) is 5.75 Å². The zero-order chi connectivity index (χ0) is 19.2. The molecule has 0 bridgehead atoms. The Balaban J connectivity index is 1.90. The number of alkyl halides is 3. The van der Waals surface area contributed by atoms with Crippen LogP contribution < -0.4 is 15.4 Å². The van der Waals surface area contributed by atoms with E-state index in [4.69, 9.17) is 4.74 Å². The largest absolute Gasteiger partial charge is 0.493 e. The summed E-state index contributed by atoms with van der Waals surface area (Å²) in [5, 5.41) is 5.37. The quantitative estimate of drug-likeness (QED) is 0.741. The molecule has 0 fully saturated rings. The Morgan fingerprint density at radius 1 is 1.08 bits per heavy atom. The normalized spacial score (nSPS) is 11.3. The molecule has 0 aliphatic rings. The van der Waals surface area contributed by atoms with Crippen LogP contribution in [0.5, 0.6) is 5.75 Å². The number of hydrogen-bond acceptors (Lipinski definition) is 3. The molecule has 1 amide bonds. The van der Waals surface area contributed by atoms with Crippen LogP contribution in [-0.2, 0) is 11.0 Å². The van der Waals surface area contributed by atoms with Crippen LogP contribution in [0, 0.1) is 5.92 Å². The van der Waals surface area contributed by atoms with Gasteiger partial charge in [0.25, 0.3) is 0 Å². The number of benzene rings is 2. The molecule has 0 saturated carbocycles. The summed E-state index contributed by atoms with van der Waals surface area (Å²) in [5.74, 6) is 0.629. The van der Waals surface area contributed by atoms with E-state index in [0.717, 1.165) is 12.1 Å². The number of hydrogen-bond donors (Lipinski definition) is 2. The molecular weight excluding hydrogens is 345 g/mol. The predicted octanol–water partition coefficient (Wildman–Crippen LogP) is 4.79. The molecule has 0 atom stereocenters. The molecule has 0 heterocycles. The van der Waals surface area contributed by atoms with Crippen molar-refractivity contribution in [2.45, 2.75) is 20.0 Å². The number of anilines is 2. The highest BCUT2D eigenvalue weighted by Crippen LogP contribution is 2.30. The maximum atomic E-state index is 12.7. The topological polar surface area (TPSA) is 50.4 Å². The van der Waals surface area contributed by atoms with Crippen molar-refractivity contribution in [2.24, 2.45) is 5.92 Å². The van der Waals surface area contributed by atoms with E-state index in [-0.39, 0.29) is 12.2 Å². The van der Waals surface area contributed by atoms with Crippen LogP contribution in [0.15, 0.2) is 48.5 Å². The smallest absolute Gasteiger partial charge is 0.416 e. The van der Waals surface area contributed by atoms with Gasteiger partial charge < -0.3 is 15.4 Å². The Morgan fingerprint density at radius 3 is 2.46 bits per heavy atom. The van der Waals surface area contributed by atoms with E-state index in [1.807, 2.05) is 19.9 Å². The molecule has 0 saturated heterocycles. The first kappa shape index (κ1) is 19.6. The van der Waals surface area contributed by atoms with E-state index in [0.29, 0.717) is 24.0 Å². The summed E-state index contributed by atoms with van der Waals surface area (Å²) in [6.07, 6.45) is -4.45. The van der Waals surface area contributed by atoms with Gasteiger partial charge in [0.05, 0.1) is 18.7 Å². The van der Waals surface area contributed by atoms with Crippen LogP contribution in [0.3, 0.4) is 0 Å². The van der Waals surface area contributed by atoms with E-state index in [1.54, 1.807) is 18.2 Å². The van der Waals surface area contributed by atoms with Gasteiger partial charge in [0.15, 0.2) is 0 Å². The van der Waals surface area contributed by atoms with Crippen LogP contribution in [-0.4, -0.2) is 19.1 Å². The minimum absolute atomic E-state index is 0.0795. The monoisotopic (exact) mass is 366 g/mol. The molecule has 0 unspecified atom stereocenters. The first-order valence-electron chi connectivity index (χ1n) is 8.18. The van der Waals surface area contributed by atoms with Crippen molar-refractivity contribution in [3.63, 3.8) is 0 Å². The van der Waals surface area contributed by atoms with Gasteiger partial charge in [-0.05, 0) is 36.2 Å². The summed E-state index contributed by atoms with van der Waals surface area (Å²) in [6.45, 7) is 4.59. The number of rotatable bonds is 7. The molecule has 140 valence electrons. The van der Waals surface area contributed by atoms with E-state index in [1.165, 1.54) is 12.1 Å². The lowest BCUT2D eigenvalue weighted by molar-refractivity contribution is -0.137. The second-order valence-corrected chi connectivity index (χ2v) is 6.21. The fourth-order valence-corrected chi connectivity index (χ4v) is 2.12. The molecular formula is C19H21F3N2O2. The Morgan fingerprint density at radius 2 is 1.77 bits per heavy atom. The molecule has 2 aromatic carbocycles. The van der Waals surface area contributed by atoms with Crippen LogP contribution in [0.25, 0.3) is 0 Å². The average Bonchev–Trinajstić information content (AvgIpc) is 2.58. The summed E-state index contributed by atoms with van der Waals surface area (Å²) >= 11 is 0. The third kappa shape index (κ3) is 6.31. The van der Waals surface area contributed by atoms with Crippen LogP contribution in [0.4, 0.5) is 24.5 Å². The summed E-state index contributed by atoms with van der Waals surface area (Å²) in [4.78, 5) is 12.0. The molecule has 2 N–H and O–H groups in total. The molecule has 4 nitrogen and oxygen atoms in total. The van der Waals surface area contributed by atoms with Gasteiger partial charge in [0.2, 0.25) is 5.91 Å². The minimum Gasteiger partial charge on any atom is -0.493 e. The van der Waals surface area contributed by atoms with E-state index in [2.05, 4.69) is 10.6 Å². The third-order valence-electron chi connectivity index (χ3n) is 3.34. The van der Waals surface area contributed by atoms with Crippen molar-refractivity contribution < 1.29 is 22.7 Å². The molecule has 2 rings (SSSR count). The van der Waals surface area contributed by atoms with Crippen LogP contribution in [0.1, 0.15) is 19.4 Å². The van der Waals surface area contributed by atoms with Gasteiger partial charge in [-0.2, -0.15) is 13.2 Å². The van der Waals surface area contributed by atoms with Crippen molar-refractivity contribution in [1.29, 1.82) is 0 Å². The predicted molar refractivity (Wildman–Crippen MR) is 95.3 cm³/mol. The third-order valence-corrected chi connectivity index (χ3v) is 3.34. The van der Waals surface area contributed by atoms with Gasteiger partial charge in [-0.15, -0.1) is 0 Å². The van der Waals surface area contributed by atoms with E-state index < -0.39 is 17.6 Å². The van der Waals surface area contributed by atoms with Gasteiger partial charge in [-0.1, -0.05) is 26.0 Å². The van der Waals surface area contributed by atoms with Gasteiger partial charge in [-0.3, -0.25) is 4.79 Å². The standard InChI is InChI=1S/C19H21F3N2O2/c1-13(2)12-26-17-8-4-6-15(10-17)23-11-18(25)24-16-7-3-5-14(9-16)19(20,21)22/h3-10,13,23H,11-12H2,1-2H3,(H,24,25). The van der Waals surface area contributed by atoms with Crippen LogP contribution >= 0.6 is 0 Å². The van der Waals surface area contributed by atoms with Gasteiger partial charge in [0, 0.05) is 17.4 Å². The summed E-state index contributed by atoms with van der Waals surface area (Å²) in [6, 6.07) is 11.7. The number of ether oxygens (including phenoxy) is 1. The first-order chi connectivity index (χ1) is 12.2. The molecule has 26 heavy (non-hydrogen) atoms. The number of carbonyl (C=O) groups excluding carboxylic acids is 1. The number of nitrogens with one attached hydrogen (secondary N) is 2. The highest BCUT2D eigenvalue weighted by Gasteiger charge is 2.30. The SMILES string of the molecule is CC(C)COc1cccc(NCC(=O)Nc2cccc(C(F)(F)F)c2)c1. The Kier molecular flexibility index (Phi) is 6.49. The molecule has 0 aliphatic carbocycles. The Bertz CT molecular complexity index is 746. The van der Waals surface area contributed by atoms with Crippen LogP contribution in [0.2, 0.25) is 0 Å². The molecule has 0 spiro atoms. The fraction of sp³-hybridized carbons (Fsp3) is 0.316. The van der Waals surface area contributed by atoms with Crippen molar-refractivity contribution >= 4 is 17.3 Å². The van der Waals surface area contributed by atoms with E-state index >= 15 is 0 Å². The number of carbonyl (C=O) groups is 1. The summed E-state index contributed by atoms with van der Waals surface area (Å²) < 4.78 is 43.7. The lowest BCUT2D eigenvalue weighted by Gasteiger charge is -2.12. The van der Waals surface area contributed by atoms with E-state index in [9.17, 15) is 18.0 Å². The van der Waals surface area contributed by atoms with Gasteiger partial charge >= 0.3 is 6.18 Å². The first-order valence-corrected chi connectivity index (χ1v) is 8.18. The lowest BCUT2D eigenvalue weighted by Crippen LogP contribution is -2.22. The summed E-state index contributed by atoms with van der Waals surface area (Å²) in [7, 11) is 0. The zero-order valence-corrected chi connectivity index (χ0v) is 14.6. The molecule has 0 aliphatic heterocycles. The van der Waals surface area contributed by atoms with Gasteiger partial charge in [0.1, 0.15) is 5.75 Å². The number of halogens is 3. The maximum Gasteiger partial charge on any atom is 0.416 e. The van der Waals surface area contributed by atoms with Crippen molar-refractivity contribution in [3.05, 3.63) is 54.1 Å². The maximum absolute atomic E-state index is 12.7. The molecule has 2 aromatic rings. The average molecular weight is 366 g/mol. The second kappa shape index (κ2) is 8.60. The molecule has 0 radical (unpaired) electrons. The zero-order valence-electron chi connectivity index (χ0n) is 14.6. The van der Waals surface area contributed by atoms with Crippen molar-refractivity contribution in [1.82, 2.24) is 0 Å². The fourth-order valence-electron chi connectivity index (χ4n) is 2.12. The second-order valence-electron chi connectivity index (χ2n) is 6.21. The van der Waals surface area contributed by atoms with Crippen molar-refractivity contribution in [2.75, 3.05) is 23.8 Å². The van der Waals surface area contributed by atoms with Gasteiger partial charge in [-0.25, -0.2) is 0 Å². The highest BCUT2D eigenvalue weighted by atomic mass is 19.4. The molecule has 0 aromatic heterocycles. The molecule has 7 heteroatoms. The highest BCUT2D eigenvalue weighted by molar-refractivity contribution is 5.93. The minimum atomic E-state index is -4.45. The Labute approximate surface area is 150 Å². The summed E-state index contributed by atoms with van der Waals surface area (Å²) in [5.41, 5.74) is -0.0237. The number of amides is 1. The lowest BCUT2D eigenvalue weighted by atomic mass is 10.2. The Hall–Kier alpha value is -2.70.